The van der Waals surface area contributed by atoms with Crippen molar-refractivity contribution < 1.29 is 0 Å². The molecular formula is C14H20. The first-order valence-electron chi connectivity index (χ1n) is 5.81. The lowest BCUT2D eigenvalue weighted by Crippen LogP contribution is -2.12. The normalized spacial score (nSPS) is 25.4. The third-order valence-corrected chi connectivity index (χ3v) is 3.65. The summed E-state index contributed by atoms with van der Waals surface area (Å²) in [6.45, 7) is 7.04. The summed E-state index contributed by atoms with van der Waals surface area (Å²) in [6.07, 6.45) is 2.62. The van der Waals surface area contributed by atoms with Gasteiger partial charge in [-0.05, 0) is 35.3 Å². The van der Waals surface area contributed by atoms with Crippen LogP contribution >= 0.6 is 0 Å². The highest BCUT2D eigenvalue weighted by molar-refractivity contribution is 5.36. The Kier molecular flexibility index (Phi) is 2.62. The van der Waals surface area contributed by atoms with Crippen molar-refractivity contribution in [2.75, 3.05) is 0 Å². The summed E-state index contributed by atoms with van der Waals surface area (Å²) in [5.74, 6) is 2.46. The predicted molar refractivity (Wildman–Crippen MR) is 61.5 cm³/mol. The molecule has 0 saturated carbocycles. The molecule has 1 aromatic carbocycles. The first-order chi connectivity index (χ1) is 6.74. The fourth-order valence-electron chi connectivity index (χ4n) is 3.01. The highest BCUT2D eigenvalue weighted by Crippen LogP contribution is 2.43. The minimum absolute atomic E-state index is 0.781. The van der Waals surface area contributed by atoms with Crippen LogP contribution in [0.5, 0.6) is 0 Å². The molecular weight excluding hydrogens is 168 g/mol. The first-order valence-corrected chi connectivity index (χ1v) is 5.81. The summed E-state index contributed by atoms with van der Waals surface area (Å²) in [6, 6.07) is 9.00. The van der Waals surface area contributed by atoms with Crippen LogP contribution in [0.2, 0.25) is 0 Å². The molecule has 0 heterocycles. The highest BCUT2D eigenvalue weighted by atomic mass is 14.4. The maximum absolute atomic E-state index is 2.36. The molecule has 2 rings (SSSR count). The second-order valence-electron chi connectivity index (χ2n) is 4.84. The van der Waals surface area contributed by atoms with Gasteiger partial charge in [-0.3, -0.25) is 0 Å². The van der Waals surface area contributed by atoms with E-state index in [1.165, 1.54) is 12.8 Å². The monoisotopic (exact) mass is 188 g/mol. The molecule has 0 spiro atoms. The molecule has 1 aliphatic rings. The van der Waals surface area contributed by atoms with E-state index in [2.05, 4.69) is 45.0 Å². The maximum atomic E-state index is 2.36. The average molecular weight is 188 g/mol. The molecule has 1 aromatic rings. The van der Waals surface area contributed by atoms with Gasteiger partial charge in [0.1, 0.15) is 0 Å². The second kappa shape index (κ2) is 3.76. The van der Waals surface area contributed by atoms with Gasteiger partial charge >= 0.3 is 0 Å². The zero-order chi connectivity index (χ0) is 10.1. The average Bonchev–Trinajstić information content (AvgIpc) is 2.55. The van der Waals surface area contributed by atoms with Crippen LogP contribution in [0, 0.1) is 11.8 Å². The molecule has 0 saturated heterocycles. The van der Waals surface area contributed by atoms with Crippen LogP contribution in [0.3, 0.4) is 0 Å². The molecule has 0 radical (unpaired) electrons. The SMILES string of the molecule is CCC1Cc2ccccc2C1C(C)C. The van der Waals surface area contributed by atoms with Crippen molar-refractivity contribution in [1.82, 2.24) is 0 Å². The smallest absolute Gasteiger partial charge is 0.0105 e. The Morgan fingerprint density at radius 2 is 2.00 bits per heavy atom. The third-order valence-electron chi connectivity index (χ3n) is 3.65. The highest BCUT2D eigenvalue weighted by Gasteiger charge is 2.32. The minimum Gasteiger partial charge on any atom is -0.0651 e. The summed E-state index contributed by atoms with van der Waals surface area (Å²) < 4.78 is 0. The topological polar surface area (TPSA) is 0 Å². The summed E-state index contributed by atoms with van der Waals surface area (Å²) in [4.78, 5) is 0. The minimum atomic E-state index is 0.781. The standard InChI is InChI=1S/C14H20/c1-4-11-9-12-7-5-6-8-13(12)14(11)10(2)3/h5-8,10-11,14H,4,9H2,1-3H3. The lowest BCUT2D eigenvalue weighted by atomic mass is 9.82. The molecule has 76 valence electrons. The molecule has 1 aliphatic carbocycles. The molecule has 0 heteroatoms. The van der Waals surface area contributed by atoms with Gasteiger partial charge in [-0.15, -0.1) is 0 Å². The van der Waals surface area contributed by atoms with E-state index in [4.69, 9.17) is 0 Å². The maximum Gasteiger partial charge on any atom is -0.0105 e. The quantitative estimate of drug-likeness (QED) is 0.658. The van der Waals surface area contributed by atoms with Crippen molar-refractivity contribution in [2.45, 2.75) is 39.5 Å². The Morgan fingerprint density at radius 3 is 2.64 bits per heavy atom. The lowest BCUT2D eigenvalue weighted by Gasteiger charge is -2.22. The number of hydrogen-bond donors (Lipinski definition) is 0. The van der Waals surface area contributed by atoms with Gasteiger partial charge in [0.15, 0.2) is 0 Å². The molecule has 0 N–H and O–H groups in total. The van der Waals surface area contributed by atoms with Gasteiger partial charge in [-0.1, -0.05) is 51.5 Å². The Bertz CT molecular complexity index is 312. The molecule has 0 aliphatic heterocycles. The summed E-state index contributed by atoms with van der Waals surface area (Å²) >= 11 is 0. The lowest BCUT2D eigenvalue weighted by molar-refractivity contribution is 0.359. The van der Waals surface area contributed by atoms with Crippen LogP contribution in [0.25, 0.3) is 0 Å². The van der Waals surface area contributed by atoms with Gasteiger partial charge in [0.05, 0.1) is 0 Å². The molecule has 0 aromatic heterocycles. The Morgan fingerprint density at radius 1 is 1.29 bits per heavy atom. The Balaban J connectivity index is 2.37. The molecule has 0 amide bonds. The summed E-state index contributed by atoms with van der Waals surface area (Å²) in [5, 5.41) is 0. The molecule has 0 nitrogen and oxygen atoms in total. The number of fused-ring (bicyclic) bond motifs is 1. The Labute approximate surface area is 87.3 Å². The molecule has 0 bridgehead atoms. The van der Waals surface area contributed by atoms with Crippen molar-refractivity contribution >= 4 is 0 Å². The van der Waals surface area contributed by atoms with Crippen molar-refractivity contribution in [3.63, 3.8) is 0 Å². The van der Waals surface area contributed by atoms with Gasteiger partial charge in [0.25, 0.3) is 0 Å². The van der Waals surface area contributed by atoms with Gasteiger partial charge in [-0.25, -0.2) is 0 Å². The van der Waals surface area contributed by atoms with E-state index in [0.717, 1.165) is 17.8 Å². The van der Waals surface area contributed by atoms with Crippen LogP contribution < -0.4 is 0 Å². The first kappa shape index (κ1) is 9.76. The van der Waals surface area contributed by atoms with E-state index in [-0.39, 0.29) is 0 Å². The zero-order valence-corrected chi connectivity index (χ0v) is 9.46. The van der Waals surface area contributed by atoms with Crippen molar-refractivity contribution in [1.29, 1.82) is 0 Å². The van der Waals surface area contributed by atoms with Crippen LogP contribution in [0.1, 0.15) is 44.2 Å². The number of rotatable bonds is 2. The van der Waals surface area contributed by atoms with Crippen LogP contribution in [-0.2, 0) is 6.42 Å². The van der Waals surface area contributed by atoms with E-state index in [9.17, 15) is 0 Å². The number of hydrogen-bond acceptors (Lipinski definition) is 0. The molecule has 14 heavy (non-hydrogen) atoms. The van der Waals surface area contributed by atoms with E-state index in [1.54, 1.807) is 11.1 Å². The van der Waals surface area contributed by atoms with E-state index in [0.29, 0.717) is 0 Å². The van der Waals surface area contributed by atoms with Crippen LogP contribution in [0.4, 0.5) is 0 Å². The summed E-state index contributed by atoms with van der Waals surface area (Å²) in [5.41, 5.74) is 3.22. The fourth-order valence-corrected chi connectivity index (χ4v) is 3.01. The molecule has 0 fully saturated rings. The van der Waals surface area contributed by atoms with E-state index < -0.39 is 0 Å². The van der Waals surface area contributed by atoms with Crippen molar-refractivity contribution in [3.8, 4) is 0 Å². The largest absolute Gasteiger partial charge is 0.0651 e. The predicted octanol–water partition coefficient (Wildman–Crippen LogP) is 4.01. The second-order valence-corrected chi connectivity index (χ2v) is 4.84. The molecule has 2 unspecified atom stereocenters. The van der Waals surface area contributed by atoms with Crippen molar-refractivity contribution in [2.24, 2.45) is 11.8 Å². The number of benzene rings is 1. The van der Waals surface area contributed by atoms with Gasteiger partial charge in [-0.2, -0.15) is 0 Å². The van der Waals surface area contributed by atoms with Gasteiger partial charge in [0.2, 0.25) is 0 Å². The van der Waals surface area contributed by atoms with E-state index >= 15 is 0 Å². The summed E-state index contributed by atoms with van der Waals surface area (Å²) in [7, 11) is 0. The third kappa shape index (κ3) is 1.47. The zero-order valence-electron chi connectivity index (χ0n) is 9.46. The molecule has 2 atom stereocenters. The van der Waals surface area contributed by atoms with Crippen LogP contribution in [0.15, 0.2) is 24.3 Å². The Hall–Kier alpha value is -0.780. The van der Waals surface area contributed by atoms with E-state index in [1.807, 2.05) is 0 Å². The van der Waals surface area contributed by atoms with Crippen molar-refractivity contribution in [3.05, 3.63) is 35.4 Å². The van der Waals surface area contributed by atoms with Crippen LogP contribution in [-0.4, -0.2) is 0 Å². The van der Waals surface area contributed by atoms with Gasteiger partial charge < -0.3 is 0 Å². The fraction of sp³-hybridized carbons (Fsp3) is 0.571. The van der Waals surface area contributed by atoms with Gasteiger partial charge in [0, 0.05) is 0 Å².